The molecule has 0 amide bonds. The van der Waals surface area contributed by atoms with E-state index in [4.69, 9.17) is 0 Å². The number of aryl methyl sites for hydroxylation is 1. The van der Waals surface area contributed by atoms with Crippen LogP contribution in [0.4, 0.5) is 13.2 Å². The minimum Gasteiger partial charge on any atom is -0.318 e. The molecule has 0 aliphatic heterocycles. The van der Waals surface area contributed by atoms with Crippen LogP contribution in [0.15, 0.2) is 29.2 Å². The first-order valence-electron chi connectivity index (χ1n) is 7.07. The molecule has 1 N–H and O–H groups in total. The summed E-state index contributed by atoms with van der Waals surface area (Å²) in [6, 6.07) is 3.82. The number of hydrogen-bond acceptors (Lipinski definition) is 2. The minimum absolute atomic E-state index is 0.121. The highest BCUT2D eigenvalue weighted by atomic mass is 19.2. The smallest absolute Gasteiger partial charge is 0.196 e. The highest BCUT2D eigenvalue weighted by Crippen LogP contribution is 2.21. The van der Waals surface area contributed by atoms with Crippen LogP contribution in [0.5, 0.6) is 0 Å². The minimum atomic E-state index is -1.52. The molecule has 116 valence electrons. The third-order valence-electron chi connectivity index (χ3n) is 3.75. The highest BCUT2D eigenvalue weighted by Gasteiger charge is 2.21. The molecule has 6 heteroatoms. The van der Waals surface area contributed by atoms with Crippen LogP contribution in [0.1, 0.15) is 24.1 Å². The van der Waals surface area contributed by atoms with Gasteiger partial charge in [0.1, 0.15) is 0 Å². The Morgan fingerprint density at radius 3 is 2.64 bits per heavy atom. The van der Waals surface area contributed by atoms with Gasteiger partial charge in [-0.2, -0.15) is 0 Å². The molecule has 0 radical (unpaired) electrons. The number of benzene rings is 1. The predicted molar refractivity (Wildman–Crippen MR) is 76.5 cm³/mol. The van der Waals surface area contributed by atoms with E-state index in [1.54, 1.807) is 6.92 Å². The second kappa shape index (κ2) is 5.61. The van der Waals surface area contributed by atoms with Gasteiger partial charge in [-0.1, -0.05) is 0 Å². The number of halogens is 3. The van der Waals surface area contributed by atoms with Crippen molar-refractivity contribution in [3.05, 3.63) is 63.3 Å². The van der Waals surface area contributed by atoms with Crippen LogP contribution in [-0.2, 0) is 6.54 Å². The van der Waals surface area contributed by atoms with Crippen molar-refractivity contribution in [2.75, 3.05) is 0 Å². The van der Waals surface area contributed by atoms with Crippen LogP contribution < -0.4 is 10.7 Å². The van der Waals surface area contributed by atoms with Gasteiger partial charge < -0.3 is 9.88 Å². The first-order valence-corrected chi connectivity index (χ1v) is 7.07. The van der Waals surface area contributed by atoms with Crippen LogP contribution in [0.3, 0.4) is 0 Å². The zero-order chi connectivity index (χ0) is 15.9. The van der Waals surface area contributed by atoms with E-state index in [1.165, 1.54) is 16.8 Å². The molecule has 0 atom stereocenters. The van der Waals surface area contributed by atoms with Crippen molar-refractivity contribution in [2.24, 2.45) is 0 Å². The number of aromatic nitrogens is 1. The Morgan fingerprint density at radius 2 is 1.95 bits per heavy atom. The van der Waals surface area contributed by atoms with Crippen molar-refractivity contribution < 1.29 is 13.2 Å². The molecule has 0 spiro atoms. The number of rotatable bonds is 4. The lowest BCUT2D eigenvalue weighted by molar-refractivity contribution is 0.444. The zero-order valence-corrected chi connectivity index (χ0v) is 12.0. The third-order valence-corrected chi connectivity index (χ3v) is 3.75. The van der Waals surface area contributed by atoms with Gasteiger partial charge >= 0.3 is 0 Å². The van der Waals surface area contributed by atoms with Crippen molar-refractivity contribution in [1.82, 2.24) is 9.88 Å². The average molecular weight is 308 g/mol. The van der Waals surface area contributed by atoms with E-state index in [2.05, 4.69) is 5.32 Å². The Bertz CT molecular complexity index is 782. The summed E-state index contributed by atoms with van der Waals surface area (Å²) in [6.45, 7) is 1.98. The summed E-state index contributed by atoms with van der Waals surface area (Å²) in [7, 11) is 0. The van der Waals surface area contributed by atoms with Gasteiger partial charge in [0, 0.05) is 36.1 Å². The van der Waals surface area contributed by atoms with Crippen LogP contribution in [-0.4, -0.2) is 10.6 Å². The van der Waals surface area contributed by atoms with Crippen molar-refractivity contribution in [2.45, 2.75) is 32.4 Å². The summed E-state index contributed by atoms with van der Waals surface area (Å²) >= 11 is 0. The van der Waals surface area contributed by atoms with E-state index in [9.17, 15) is 18.0 Å². The molecule has 1 aliphatic carbocycles. The maximum absolute atomic E-state index is 14.0. The lowest BCUT2D eigenvalue weighted by Crippen LogP contribution is -2.23. The molecular weight excluding hydrogens is 293 g/mol. The molecule has 1 heterocycles. The first kappa shape index (κ1) is 14.8. The largest absolute Gasteiger partial charge is 0.318 e. The summed E-state index contributed by atoms with van der Waals surface area (Å²) in [4.78, 5) is 12.0. The Balaban J connectivity index is 2.04. The predicted octanol–water partition coefficient (Wildman–Crippen LogP) is 2.82. The number of nitrogens with one attached hydrogen (secondary N) is 1. The molecule has 0 bridgehead atoms. The Hall–Kier alpha value is -2.08. The highest BCUT2D eigenvalue weighted by molar-refractivity contribution is 5.38. The van der Waals surface area contributed by atoms with Crippen molar-refractivity contribution in [1.29, 1.82) is 0 Å². The fraction of sp³-hybridized carbons (Fsp3) is 0.312. The molecule has 0 saturated heterocycles. The van der Waals surface area contributed by atoms with Crippen LogP contribution in [0.2, 0.25) is 0 Å². The number of pyridine rings is 1. The quantitative estimate of drug-likeness (QED) is 0.881. The molecule has 1 aromatic carbocycles. The molecular formula is C16H15F3N2O. The van der Waals surface area contributed by atoms with Crippen molar-refractivity contribution in [3.63, 3.8) is 0 Å². The van der Waals surface area contributed by atoms with E-state index in [-0.39, 0.29) is 11.1 Å². The van der Waals surface area contributed by atoms with Gasteiger partial charge in [0.25, 0.3) is 0 Å². The fourth-order valence-electron chi connectivity index (χ4n) is 2.31. The van der Waals surface area contributed by atoms with E-state index < -0.39 is 17.5 Å². The van der Waals surface area contributed by atoms with Gasteiger partial charge in [-0.05, 0) is 31.9 Å². The standard InChI is InChI=1S/C16H15F3N2O/c1-9-6-14(22)10(7-20-11-2-3-11)8-21(9)13-5-4-12(17)15(18)16(13)19/h4-6,8,11,20H,2-3,7H2,1H3. The average Bonchev–Trinajstić information content (AvgIpc) is 3.29. The van der Waals surface area contributed by atoms with E-state index >= 15 is 0 Å². The van der Waals surface area contributed by atoms with Gasteiger partial charge in [-0.3, -0.25) is 4.79 Å². The van der Waals surface area contributed by atoms with Gasteiger partial charge in [-0.25, -0.2) is 13.2 Å². The van der Waals surface area contributed by atoms with Crippen molar-refractivity contribution >= 4 is 0 Å². The zero-order valence-electron chi connectivity index (χ0n) is 12.0. The first-order chi connectivity index (χ1) is 10.5. The molecule has 3 rings (SSSR count). The van der Waals surface area contributed by atoms with Crippen LogP contribution in [0.25, 0.3) is 5.69 Å². The summed E-state index contributed by atoms with van der Waals surface area (Å²) in [5.41, 5.74) is 0.626. The SMILES string of the molecule is Cc1cc(=O)c(CNC2CC2)cn1-c1ccc(F)c(F)c1F. The third kappa shape index (κ3) is 2.78. The Kier molecular flexibility index (Phi) is 3.78. The summed E-state index contributed by atoms with van der Waals surface area (Å²) in [5, 5.41) is 3.21. The summed E-state index contributed by atoms with van der Waals surface area (Å²) in [6.07, 6.45) is 3.64. The summed E-state index contributed by atoms with van der Waals surface area (Å²) < 4.78 is 41.8. The fourth-order valence-corrected chi connectivity index (χ4v) is 2.31. The normalized spacial score (nSPS) is 14.4. The maximum Gasteiger partial charge on any atom is 0.196 e. The molecule has 1 aromatic heterocycles. The lowest BCUT2D eigenvalue weighted by atomic mass is 10.2. The Labute approximate surface area is 125 Å². The van der Waals surface area contributed by atoms with E-state index in [0.717, 1.165) is 25.0 Å². The maximum atomic E-state index is 14.0. The topological polar surface area (TPSA) is 34.0 Å². The van der Waals surface area contributed by atoms with E-state index in [1.807, 2.05) is 0 Å². The number of nitrogens with zero attached hydrogens (tertiary/aromatic N) is 1. The molecule has 22 heavy (non-hydrogen) atoms. The van der Waals surface area contributed by atoms with Crippen LogP contribution >= 0.6 is 0 Å². The lowest BCUT2D eigenvalue weighted by Gasteiger charge is -2.14. The van der Waals surface area contributed by atoms with E-state index in [0.29, 0.717) is 23.8 Å². The molecule has 2 aromatic rings. The molecule has 1 aliphatic rings. The Morgan fingerprint density at radius 1 is 1.23 bits per heavy atom. The second-order valence-corrected chi connectivity index (χ2v) is 5.52. The van der Waals surface area contributed by atoms with Crippen molar-refractivity contribution in [3.8, 4) is 5.69 Å². The summed E-state index contributed by atoms with van der Waals surface area (Å²) in [5.74, 6) is -4.03. The van der Waals surface area contributed by atoms with Gasteiger partial charge in [0.2, 0.25) is 0 Å². The van der Waals surface area contributed by atoms with Gasteiger partial charge in [0.15, 0.2) is 22.9 Å². The van der Waals surface area contributed by atoms with Gasteiger partial charge in [-0.15, -0.1) is 0 Å². The monoisotopic (exact) mass is 308 g/mol. The molecule has 0 unspecified atom stereocenters. The number of hydrogen-bond donors (Lipinski definition) is 1. The molecule has 1 saturated carbocycles. The molecule has 3 nitrogen and oxygen atoms in total. The molecule has 1 fully saturated rings. The second-order valence-electron chi connectivity index (χ2n) is 5.52. The van der Waals surface area contributed by atoms with Gasteiger partial charge in [0.05, 0.1) is 5.69 Å². The van der Waals surface area contributed by atoms with Crippen LogP contribution in [0, 0.1) is 24.4 Å².